The van der Waals surface area contributed by atoms with Gasteiger partial charge in [-0.2, -0.15) is 0 Å². The summed E-state index contributed by atoms with van der Waals surface area (Å²) in [6.07, 6.45) is 1.92. The van der Waals surface area contributed by atoms with Crippen molar-refractivity contribution in [1.29, 1.82) is 0 Å². The topological polar surface area (TPSA) is 62.3 Å². The first-order valence-electron chi connectivity index (χ1n) is 9.28. The number of benzene rings is 1. The minimum absolute atomic E-state index is 0.0151. The first-order valence-corrected chi connectivity index (χ1v) is 11.0. The molecular weight excluding hydrogens is 390 g/mol. The summed E-state index contributed by atoms with van der Waals surface area (Å²) in [4.78, 5) is 31.8. The van der Waals surface area contributed by atoms with E-state index in [9.17, 15) is 9.59 Å². The van der Waals surface area contributed by atoms with Gasteiger partial charge in [0, 0.05) is 29.1 Å². The van der Waals surface area contributed by atoms with Crippen LogP contribution in [0.3, 0.4) is 0 Å². The van der Waals surface area contributed by atoms with Crippen molar-refractivity contribution in [2.24, 2.45) is 5.92 Å². The van der Waals surface area contributed by atoms with E-state index in [0.29, 0.717) is 10.0 Å². The summed E-state index contributed by atoms with van der Waals surface area (Å²) in [6.45, 7) is 4.65. The van der Waals surface area contributed by atoms with Crippen LogP contribution in [0, 0.1) is 5.92 Å². The number of nitrogens with zero attached hydrogens (tertiary/aromatic N) is 2. The van der Waals surface area contributed by atoms with E-state index in [2.05, 4.69) is 16.4 Å². The molecule has 28 heavy (non-hydrogen) atoms. The maximum absolute atomic E-state index is 12.5. The standard InChI is InChI=1S/C21H21N3O2S2/c1-13(2)20(26)24-9-3-5-15-11-14(7-8-17(15)24)16-12-28-21(22-16)23-19(25)18-6-4-10-27-18/h4,6-8,10-13H,3,5,9H2,1-2H3,(H,22,23,25). The van der Waals surface area contributed by atoms with Crippen molar-refractivity contribution >= 4 is 45.3 Å². The molecule has 1 aromatic carbocycles. The van der Waals surface area contributed by atoms with E-state index >= 15 is 0 Å². The third kappa shape index (κ3) is 3.72. The Morgan fingerprint density at radius 2 is 2.07 bits per heavy atom. The maximum Gasteiger partial charge on any atom is 0.267 e. The van der Waals surface area contributed by atoms with Crippen LogP contribution in [0.15, 0.2) is 41.1 Å². The third-order valence-electron chi connectivity index (χ3n) is 4.72. The number of fused-ring (bicyclic) bond motifs is 1. The second kappa shape index (κ2) is 7.85. The molecule has 0 radical (unpaired) electrons. The van der Waals surface area contributed by atoms with Gasteiger partial charge in [0.05, 0.1) is 10.6 Å². The number of hydrogen-bond donors (Lipinski definition) is 1. The van der Waals surface area contributed by atoms with E-state index in [1.165, 1.54) is 28.2 Å². The lowest BCUT2D eigenvalue weighted by Gasteiger charge is -2.31. The minimum atomic E-state index is -0.135. The van der Waals surface area contributed by atoms with Crippen LogP contribution in [0.4, 0.5) is 10.8 Å². The molecule has 7 heteroatoms. The average Bonchev–Trinajstić information content (AvgIpc) is 3.38. The van der Waals surface area contributed by atoms with E-state index in [-0.39, 0.29) is 17.7 Å². The number of carbonyl (C=O) groups is 2. The summed E-state index contributed by atoms with van der Waals surface area (Å²) >= 11 is 2.82. The molecule has 0 atom stereocenters. The molecule has 4 rings (SSSR count). The number of anilines is 2. The summed E-state index contributed by atoms with van der Waals surface area (Å²) in [5.74, 6) is 0.0174. The Kier molecular flexibility index (Phi) is 5.28. The highest BCUT2D eigenvalue weighted by atomic mass is 32.1. The summed E-state index contributed by atoms with van der Waals surface area (Å²) in [6, 6.07) is 9.79. The molecule has 0 saturated carbocycles. The molecule has 1 aliphatic heterocycles. The van der Waals surface area contributed by atoms with Crippen LogP contribution in [-0.4, -0.2) is 23.3 Å². The fourth-order valence-electron chi connectivity index (χ4n) is 3.33. The minimum Gasteiger partial charge on any atom is -0.312 e. The Bertz CT molecular complexity index is 1010. The van der Waals surface area contributed by atoms with Crippen molar-refractivity contribution in [2.45, 2.75) is 26.7 Å². The van der Waals surface area contributed by atoms with Crippen molar-refractivity contribution < 1.29 is 9.59 Å². The molecule has 0 saturated heterocycles. The average molecular weight is 412 g/mol. The molecular formula is C21H21N3O2S2. The highest BCUT2D eigenvalue weighted by molar-refractivity contribution is 7.14. The van der Waals surface area contributed by atoms with Crippen LogP contribution in [0.25, 0.3) is 11.3 Å². The van der Waals surface area contributed by atoms with Crippen LogP contribution < -0.4 is 10.2 Å². The molecule has 1 N–H and O–H groups in total. The summed E-state index contributed by atoms with van der Waals surface area (Å²) < 4.78 is 0. The van der Waals surface area contributed by atoms with Gasteiger partial charge in [0.2, 0.25) is 5.91 Å². The van der Waals surface area contributed by atoms with E-state index in [0.717, 1.165) is 36.3 Å². The van der Waals surface area contributed by atoms with Gasteiger partial charge >= 0.3 is 0 Å². The number of nitrogens with one attached hydrogen (secondary N) is 1. The van der Waals surface area contributed by atoms with Gasteiger partial charge in [-0.3, -0.25) is 14.9 Å². The number of carbonyl (C=O) groups excluding carboxylic acids is 2. The molecule has 2 amide bonds. The SMILES string of the molecule is CC(C)C(=O)N1CCCc2cc(-c3csc(NC(=O)c4cccs4)n3)ccc21. The molecule has 0 aliphatic carbocycles. The second-order valence-electron chi connectivity index (χ2n) is 7.06. The van der Waals surface area contributed by atoms with E-state index in [1.54, 1.807) is 6.07 Å². The molecule has 144 valence electrons. The van der Waals surface area contributed by atoms with Gasteiger partial charge < -0.3 is 4.90 Å². The van der Waals surface area contributed by atoms with Crippen molar-refractivity contribution in [2.75, 3.05) is 16.8 Å². The predicted octanol–water partition coefficient (Wildman–Crippen LogP) is 5.06. The van der Waals surface area contributed by atoms with Crippen molar-refractivity contribution in [1.82, 2.24) is 4.98 Å². The molecule has 0 spiro atoms. The lowest BCUT2D eigenvalue weighted by molar-refractivity contribution is -0.121. The van der Waals surface area contributed by atoms with E-state index in [4.69, 9.17) is 0 Å². The van der Waals surface area contributed by atoms with Crippen LogP contribution in [0.2, 0.25) is 0 Å². The van der Waals surface area contributed by atoms with Crippen LogP contribution in [-0.2, 0) is 11.2 Å². The third-order valence-corrected chi connectivity index (χ3v) is 6.35. The number of rotatable bonds is 4. The highest BCUT2D eigenvalue weighted by Crippen LogP contribution is 2.33. The first-order chi connectivity index (χ1) is 13.5. The zero-order chi connectivity index (χ0) is 19.7. The lowest BCUT2D eigenvalue weighted by atomic mass is 9.97. The zero-order valence-electron chi connectivity index (χ0n) is 15.8. The Balaban J connectivity index is 1.55. The fourth-order valence-corrected chi connectivity index (χ4v) is 4.66. The molecule has 1 aliphatic rings. The molecule has 5 nitrogen and oxygen atoms in total. The van der Waals surface area contributed by atoms with Gasteiger partial charge in [0.1, 0.15) is 0 Å². The Labute approximate surface area is 172 Å². The molecule has 0 fully saturated rings. The Morgan fingerprint density at radius 1 is 1.21 bits per heavy atom. The number of aromatic nitrogens is 1. The van der Waals surface area contributed by atoms with Gasteiger partial charge in [-0.1, -0.05) is 26.0 Å². The van der Waals surface area contributed by atoms with Gasteiger partial charge in [-0.25, -0.2) is 4.98 Å². The van der Waals surface area contributed by atoms with Crippen LogP contribution >= 0.6 is 22.7 Å². The van der Waals surface area contributed by atoms with Crippen molar-refractivity contribution in [3.63, 3.8) is 0 Å². The van der Waals surface area contributed by atoms with Gasteiger partial charge in [-0.05, 0) is 42.0 Å². The van der Waals surface area contributed by atoms with Crippen molar-refractivity contribution in [3.05, 3.63) is 51.5 Å². The largest absolute Gasteiger partial charge is 0.312 e. The Morgan fingerprint density at radius 3 is 2.82 bits per heavy atom. The molecule has 3 aromatic rings. The molecule has 0 bridgehead atoms. The Hall–Kier alpha value is -2.51. The van der Waals surface area contributed by atoms with E-state index < -0.39 is 0 Å². The zero-order valence-corrected chi connectivity index (χ0v) is 17.4. The lowest BCUT2D eigenvalue weighted by Crippen LogP contribution is -2.38. The molecule has 0 unspecified atom stereocenters. The summed E-state index contributed by atoms with van der Waals surface area (Å²) in [5.41, 5.74) is 4.03. The predicted molar refractivity (Wildman–Crippen MR) is 115 cm³/mol. The summed E-state index contributed by atoms with van der Waals surface area (Å²) in [7, 11) is 0. The second-order valence-corrected chi connectivity index (χ2v) is 8.87. The van der Waals surface area contributed by atoms with Gasteiger partial charge in [0.15, 0.2) is 5.13 Å². The van der Waals surface area contributed by atoms with Crippen LogP contribution in [0.1, 0.15) is 35.5 Å². The van der Waals surface area contributed by atoms with Gasteiger partial charge in [0.25, 0.3) is 5.91 Å². The highest BCUT2D eigenvalue weighted by Gasteiger charge is 2.24. The fraction of sp³-hybridized carbons (Fsp3) is 0.286. The van der Waals surface area contributed by atoms with E-state index in [1.807, 2.05) is 47.7 Å². The first kappa shape index (κ1) is 18.8. The number of aryl methyl sites for hydroxylation is 1. The monoisotopic (exact) mass is 411 g/mol. The maximum atomic E-state index is 12.5. The normalized spacial score (nSPS) is 13.5. The smallest absolute Gasteiger partial charge is 0.267 e. The molecule has 2 aromatic heterocycles. The number of thiophene rings is 1. The summed E-state index contributed by atoms with van der Waals surface area (Å²) in [5, 5.41) is 7.27. The quantitative estimate of drug-likeness (QED) is 0.653. The van der Waals surface area contributed by atoms with Crippen LogP contribution in [0.5, 0.6) is 0 Å². The van der Waals surface area contributed by atoms with Crippen molar-refractivity contribution in [3.8, 4) is 11.3 Å². The number of hydrogen-bond acceptors (Lipinski definition) is 5. The number of amides is 2. The van der Waals surface area contributed by atoms with Gasteiger partial charge in [-0.15, -0.1) is 22.7 Å². The number of thiazole rings is 1. The molecule has 3 heterocycles.